The molecule has 1 atom stereocenters. The molecule has 8 heteroatoms. The molecular weight excluding hydrogens is 322 g/mol. The summed E-state index contributed by atoms with van der Waals surface area (Å²) in [6.45, 7) is 9.42. The molecule has 0 saturated carbocycles. The Morgan fingerprint density at radius 2 is 2.12 bits per heavy atom. The van der Waals surface area contributed by atoms with Crippen LogP contribution in [0.5, 0.6) is 0 Å². The number of likely N-dealkylation sites (tertiary alicyclic amines) is 1. The number of aromatic nitrogens is 2. The molecule has 0 aromatic carbocycles. The Balaban J connectivity index is 1.46. The predicted molar refractivity (Wildman–Crippen MR) is 92.3 cm³/mol. The number of ether oxygens (including phenoxy) is 1. The molecule has 2 saturated heterocycles. The molecule has 3 rings (SSSR count). The maximum atomic E-state index is 12.6. The van der Waals surface area contributed by atoms with E-state index in [0.717, 1.165) is 38.3 Å². The molecular formula is C17H27N5O3. The van der Waals surface area contributed by atoms with Crippen LogP contribution in [0, 0.1) is 6.92 Å². The highest BCUT2D eigenvalue weighted by Crippen LogP contribution is 2.18. The van der Waals surface area contributed by atoms with Gasteiger partial charge < -0.3 is 15.0 Å². The summed E-state index contributed by atoms with van der Waals surface area (Å²) in [6, 6.07) is -0.0235. The first kappa shape index (κ1) is 17.9. The van der Waals surface area contributed by atoms with Gasteiger partial charge in [-0.15, -0.1) is 0 Å². The average Bonchev–Trinajstić information content (AvgIpc) is 3.18. The molecule has 8 nitrogen and oxygen atoms in total. The van der Waals surface area contributed by atoms with Crippen LogP contribution in [0.25, 0.3) is 0 Å². The minimum atomic E-state index is -0.131. The fourth-order valence-electron chi connectivity index (χ4n) is 3.56. The van der Waals surface area contributed by atoms with E-state index in [9.17, 15) is 9.59 Å². The van der Waals surface area contributed by atoms with Gasteiger partial charge in [0, 0.05) is 45.0 Å². The van der Waals surface area contributed by atoms with Crippen molar-refractivity contribution >= 4 is 11.8 Å². The Hall–Kier alpha value is -1.93. The van der Waals surface area contributed by atoms with Crippen molar-refractivity contribution in [3.8, 4) is 0 Å². The van der Waals surface area contributed by atoms with Gasteiger partial charge in [0.15, 0.2) is 0 Å². The number of rotatable bonds is 6. The van der Waals surface area contributed by atoms with Gasteiger partial charge in [0.25, 0.3) is 5.91 Å². The molecule has 1 aromatic heterocycles. The summed E-state index contributed by atoms with van der Waals surface area (Å²) in [6.07, 6.45) is 2.46. The third kappa shape index (κ3) is 3.85. The third-order valence-corrected chi connectivity index (χ3v) is 5.07. The highest BCUT2D eigenvalue weighted by Gasteiger charge is 2.36. The van der Waals surface area contributed by atoms with Gasteiger partial charge >= 0.3 is 0 Å². The van der Waals surface area contributed by atoms with Crippen LogP contribution < -0.4 is 5.32 Å². The van der Waals surface area contributed by atoms with Gasteiger partial charge in [-0.25, -0.2) is 0 Å². The fourth-order valence-corrected chi connectivity index (χ4v) is 3.56. The third-order valence-electron chi connectivity index (χ3n) is 5.07. The lowest BCUT2D eigenvalue weighted by Crippen LogP contribution is -2.48. The van der Waals surface area contributed by atoms with E-state index in [-0.39, 0.29) is 17.9 Å². The van der Waals surface area contributed by atoms with Gasteiger partial charge in [-0.2, -0.15) is 5.10 Å². The second-order valence-corrected chi connectivity index (χ2v) is 6.49. The SMILES string of the molecule is CCn1ncc(C(=O)NCCN2CCC(N3CCOCC3)C2=O)c1C. The molecule has 1 unspecified atom stereocenters. The zero-order valence-electron chi connectivity index (χ0n) is 15.0. The number of hydrogen-bond acceptors (Lipinski definition) is 5. The van der Waals surface area contributed by atoms with Crippen molar-refractivity contribution < 1.29 is 14.3 Å². The summed E-state index contributed by atoms with van der Waals surface area (Å²) in [4.78, 5) is 28.9. The lowest BCUT2D eigenvalue weighted by Gasteiger charge is -2.31. The maximum absolute atomic E-state index is 12.6. The molecule has 138 valence electrons. The quantitative estimate of drug-likeness (QED) is 0.774. The number of aryl methyl sites for hydroxylation is 1. The van der Waals surface area contributed by atoms with Gasteiger partial charge in [-0.3, -0.25) is 19.2 Å². The van der Waals surface area contributed by atoms with E-state index < -0.39 is 0 Å². The number of carbonyl (C=O) groups is 2. The van der Waals surface area contributed by atoms with Gasteiger partial charge in [-0.1, -0.05) is 0 Å². The molecule has 1 N–H and O–H groups in total. The number of morpholine rings is 1. The van der Waals surface area contributed by atoms with Crippen LogP contribution in [0.4, 0.5) is 0 Å². The van der Waals surface area contributed by atoms with E-state index in [1.54, 1.807) is 10.9 Å². The average molecular weight is 349 g/mol. The van der Waals surface area contributed by atoms with E-state index in [1.165, 1.54) is 0 Å². The second-order valence-electron chi connectivity index (χ2n) is 6.49. The van der Waals surface area contributed by atoms with Crippen molar-refractivity contribution in [1.82, 2.24) is 24.9 Å². The van der Waals surface area contributed by atoms with Crippen LogP contribution in [0.1, 0.15) is 29.4 Å². The molecule has 2 fully saturated rings. The second kappa shape index (κ2) is 7.97. The largest absolute Gasteiger partial charge is 0.379 e. The van der Waals surface area contributed by atoms with E-state index in [2.05, 4.69) is 15.3 Å². The molecule has 0 aliphatic carbocycles. The Kier molecular flexibility index (Phi) is 5.70. The number of nitrogens with zero attached hydrogens (tertiary/aromatic N) is 4. The molecule has 0 radical (unpaired) electrons. The molecule has 2 aliphatic heterocycles. The van der Waals surface area contributed by atoms with Crippen molar-refractivity contribution in [3.05, 3.63) is 17.5 Å². The van der Waals surface area contributed by atoms with Crippen LogP contribution >= 0.6 is 0 Å². The van der Waals surface area contributed by atoms with Crippen molar-refractivity contribution in [2.75, 3.05) is 45.9 Å². The molecule has 0 spiro atoms. The lowest BCUT2D eigenvalue weighted by atomic mass is 10.2. The smallest absolute Gasteiger partial charge is 0.254 e. The first-order valence-electron chi connectivity index (χ1n) is 9.03. The molecule has 25 heavy (non-hydrogen) atoms. The number of carbonyl (C=O) groups excluding carboxylic acids is 2. The van der Waals surface area contributed by atoms with Crippen molar-refractivity contribution in [3.63, 3.8) is 0 Å². The summed E-state index contributed by atoms with van der Waals surface area (Å²) in [5.74, 6) is 0.0414. The van der Waals surface area contributed by atoms with E-state index in [0.29, 0.717) is 31.9 Å². The summed E-state index contributed by atoms with van der Waals surface area (Å²) in [5.41, 5.74) is 1.46. The Bertz CT molecular complexity index is 624. The molecule has 0 bridgehead atoms. The number of nitrogens with one attached hydrogen (secondary N) is 1. The number of amides is 2. The summed E-state index contributed by atoms with van der Waals surface area (Å²) >= 11 is 0. The molecule has 2 aliphatic rings. The summed E-state index contributed by atoms with van der Waals surface area (Å²) < 4.78 is 7.15. The van der Waals surface area contributed by atoms with Crippen molar-refractivity contribution in [1.29, 1.82) is 0 Å². The first-order valence-corrected chi connectivity index (χ1v) is 9.03. The first-order chi connectivity index (χ1) is 12.1. The highest BCUT2D eigenvalue weighted by atomic mass is 16.5. The minimum Gasteiger partial charge on any atom is -0.379 e. The van der Waals surface area contributed by atoms with Crippen LogP contribution in [0.3, 0.4) is 0 Å². The monoisotopic (exact) mass is 349 g/mol. The zero-order chi connectivity index (χ0) is 17.8. The van der Waals surface area contributed by atoms with Crippen LogP contribution in [-0.4, -0.2) is 83.4 Å². The topological polar surface area (TPSA) is 79.7 Å². The molecule has 3 heterocycles. The van der Waals surface area contributed by atoms with Gasteiger partial charge in [0.05, 0.1) is 31.0 Å². The summed E-state index contributed by atoms with van der Waals surface area (Å²) in [5, 5.41) is 7.09. The van der Waals surface area contributed by atoms with Crippen molar-refractivity contribution in [2.24, 2.45) is 0 Å². The van der Waals surface area contributed by atoms with Crippen LogP contribution in [-0.2, 0) is 16.1 Å². The highest BCUT2D eigenvalue weighted by molar-refractivity contribution is 5.95. The van der Waals surface area contributed by atoms with E-state index in [1.807, 2.05) is 18.7 Å². The fraction of sp³-hybridized carbons (Fsp3) is 0.706. The van der Waals surface area contributed by atoms with Crippen molar-refractivity contribution in [2.45, 2.75) is 32.9 Å². The van der Waals surface area contributed by atoms with E-state index >= 15 is 0 Å². The Labute approximate surface area is 148 Å². The maximum Gasteiger partial charge on any atom is 0.254 e. The van der Waals surface area contributed by atoms with Gasteiger partial charge in [0.2, 0.25) is 5.91 Å². The van der Waals surface area contributed by atoms with Crippen LogP contribution in [0.15, 0.2) is 6.20 Å². The van der Waals surface area contributed by atoms with Crippen LogP contribution in [0.2, 0.25) is 0 Å². The Morgan fingerprint density at radius 1 is 1.36 bits per heavy atom. The lowest BCUT2D eigenvalue weighted by molar-refractivity contribution is -0.133. The van der Waals surface area contributed by atoms with E-state index in [4.69, 9.17) is 4.74 Å². The standard InChI is InChI=1S/C17H27N5O3/c1-3-22-13(2)14(12-19-22)16(23)18-5-7-21-6-4-15(17(21)24)20-8-10-25-11-9-20/h12,15H,3-11H2,1-2H3,(H,18,23). The van der Waals surface area contributed by atoms with Gasteiger partial charge in [0.1, 0.15) is 0 Å². The van der Waals surface area contributed by atoms with Gasteiger partial charge in [-0.05, 0) is 20.3 Å². The predicted octanol–water partition coefficient (Wildman–Crippen LogP) is -0.126. The normalized spacial score (nSPS) is 21.8. The molecule has 1 aromatic rings. The Morgan fingerprint density at radius 3 is 2.80 bits per heavy atom. The number of hydrogen-bond donors (Lipinski definition) is 1. The summed E-state index contributed by atoms with van der Waals surface area (Å²) in [7, 11) is 0. The zero-order valence-corrected chi connectivity index (χ0v) is 15.0. The molecule has 2 amide bonds. The minimum absolute atomic E-state index is 0.0235.